The fraction of sp³-hybridized carbons (Fsp3) is 0.571. The Hall–Kier alpha value is -0.620. The highest BCUT2D eigenvalue weighted by atomic mass is 32.2. The van der Waals surface area contributed by atoms with Crippen molar-refractivity contribution in [1.29, 1.82) is 0 Å². The highest BCUT2D eigenvalue weighted by Crippen LogP contribution is 2.22. The second-order valence-electron chi connectivity index (χ2n) is 2.56. The minimum absolute atomic E-state index is 0.239. The quantitative estimate of drug-likeness (QED) is 0.591. The molecule has 0 aliphatic carbocycles. The normalized spacial score (nSPS) is 19.3. The Balaban J connectivity index is 2.84. The van der Waals surface area contributed by atoms with Crippen molar-refractivity contribution in [3.8, 4) is 0 Å². The van der Waals surface area contributed by atoms with Crippen LogP contribution in [-0.2, 0) is 9.59 Å². The molecular formula is C7H8NO3S2-. The van der Waals surface area contributed by atoms with Crippen molar-refractivity contribution in [2.24, 2.45) is 0 Å². The first-order valence-corrected chi connectivity index (χ1v) is 5.17. The second-order valence-corrected chi connectivity index (χ2v) is 4.17. The van der Waals surface area contributed by atoms with E-state index in [-0.39, 0.29) is 11.7 Å². The van der Waals surface area contributed by atoms with E-state index in [2.05, 4.69) is 0 Å². The van der Waals surface area contributed by atoms with E-state index in [0.717, 1.165) is 4.90 Å². The van der Waals surface area contributed by atoms with E-state index in [1.807, 2.05) is 0 Å². The van der Waals surface area contributed by atoms with Crippen molar-refractivity contribution in [2.75, 3.05) is 5.75 Å². The summed E-state index contributed by atoms with van der Waals surface area (Å²) in [5, 5.41) is 10.6. The Morgan fingerprint density at radius 2 is 2.46 bits per heavy atom. The number of thiocarbonyl (C=S) groups is 1. The molecule has 0 aromatic carbocycles. The van der Waals surface area contributed by atoms with Gasteiger partial charge in [-0.05, 0) is 6.42 Å². The first-order chi connectivity index (χ1) is 6.07. The van der Waals surface area contributed by atoms with Crippen LogP contribution in [0.3, 0.4) is 0 Å². The van der Waals surface area contributed by atoms with Gasteiger partial charge in [0.2, 0.25) is 5.91 Å². The monoisotopic (exact) mass is 218 g/mol. The second kappa shape index (κ2) is 4.06. The SMILES string of the molecule is CCC(C(=O)[O-])N1C(=O)CSC1=S. The molecule has 0 radical (unpaired) electrons. The molecule has 72 valence electrons. The van der Waals surface area contributed by atoms with Crippen LogP contribution in [0.4, 0.5) is 0 Å². The van der Waals surface area contributed by atoms with Crippen LogP contribution in [0.25, 0.3) is 0 Å². The molecule has 4 nitrogen and oxygen atoms in total. The molecule has 1 aliphatic rings. The number of carbonyl (C=O) groups excluding carboxylic acids is 2. The maximum absolute atomic E-state index is 11.2. The predicted octanol–water partition coefficient (Wildman–Crippen LogP) is -0.625. The van der Waals surface area contributed by atoms with Gasteiger partial charge in [-0.1, -0.05) is 30.9 Å². The fourth-order valence-electron chi connectivity index (χ4n) is 1.12. The first-order valence-electron chi connectivity index (χ1n) is 3.77. The molecular weight excluding hydrogens is 210 g/mol. The summed E-state index contributed by atoms with van der Waals surface area (Å²) in [7, 11) is 0. The van der Waals surface area contributed by atoms with E-state index in [0.29, 0.717) is 10.7 Å². The number of hydrogen-bond acceptors (Lipinski definition) is 5. The van der Waals surface area contributed by atoms with Crippen molar-refractivity contribution in [3.05, 3.63) is 0 Å². The largest absolute Gasteiger partial charge is 0.548 e. The molecule has 0 aromatic heterocycles. The number of thioether (sulfide) groups is 1. The Labute approximate surface area is 85.3 Å². The van der Waals surface area contributed by atoms with Gasteiger partial charge in [-0.25, -0.2) is 0 Å². The van der Waals surface area contributed by atoms with Gasteiger partial charge in [0.1, 0.15) is 4.32 Å². The van der Waals surface area contributed by atoms with Gasteiger partial charge in [0.05, 0.1) is 17.8 Å². The summed E-state index contributed by atoms with van der Waals surface area (Å²) < 4.78 is 0.334. The molecule has 13 heavy (non-hydrogen) atoms. The third kappa shape index (κ3) is 2.00. The van der Waals surface area contributed by atoms with Crippen LogP contribution >= 0.6 is 24.0 Å². The molecule has 0 bridgehead atoms. The van der Waals surface area contributed by atoms with Crippen molar-refractivity contribution < 1.29 is 14.7 Å². The Morgan fingerprint density at radius 3 is 2.77 bits per heavy atom. The van der Waals surface area contributed by atoms with Crippen molar-refractivity contribution in [3.63, 3.8) is 0 Å². The minimum atomic E-state index is -1.25. The number of aliphatic carboxylic acids is 1. The Bertz CT molecular complexity index is 250. The maximum atomic E-state index is 11.2. The number of amides is 1. The molecule has 6 heteroatoms. The highest BCUT2D eigenvalue weighted by Gasteiger charge is 2.32. The van der Waals surface area contributed by atoms with Gasteiger partial charge in [-0.15, -0.1) is 0 Å². The maximum Gasteiger partial charge on any atom is 0.239 e. The van der Waals surface area contributed by atoms with Crippen LogP contribution in [-0.4, -0.2) is 32.9 Å². The molecule has 1 heterocycles. The number of carbonyl (C=O) groups is 2. The molecule has 1 aliphatic heterocycles. The van der Waals surface area contributed by atoms with E-state index >= 15 is 0 Å². The van der Waals surface area contributed by atoms with E-state index in [4.69, 9.17) is 12.2 Å². The number of carboxylic acid groups (broad SMARTS) is 1. The van der Waals surface area contributed by atoms with Gasteiger partial charge in [0, 0.05) is 0 Å². The zero-order valence-electron chi connectivity index (χ0n) is 6.98. The molecule has 0 aromatic rings. The zero-order chi connectivity index (χ0) is 10.0. The molecule has 1 atom stereocenters. The van der Waals surface area contributed by atoms with Crippen molar-refractivity contribution >= 4 is 40.2 Å². The first kappa shape index (κ1) is 10.5. The van der Waals surface area contributed by atoms with Crippen LogP contribution in [0, 0.1) is 0 Å². The fourth-order valence-corrected chi connectivity index (χ4v) is 2.28. The number of carboxylic acids is 1. The number of nitrogens with zero attached hydrogens (tertiary/aromatic N) is 1. The molecule has 0 spiro atoms. The summed E-state index contributed by atoms with van der Waals surface area (Å²) in [6.07, 6.45) is 0.314. The van der Waals surface area contributed by atoms with Gasteiger partial charge in [0.15, 0.2) is 0 Å². The lowest BCUT2D eigenvalue weighted by molar-refractivity contribution is -0.310. The third-order valence-electron chi connectivity index (χ3n) is 1.75. The lowest BCUT2D eigenvalue weighted by Gasteiger charge is -2.26. The van der Waals surface area contributed by atoms with Crippen molar-refractivity contribution in [1.82, 2.24) is 4.90 Å². The van der Waals surface area contributed by atoms with E-state index in [1.165, 1.54) is 11.8 Å². The van der Waals surface area contributed by atoms with E-state index < -0.39 is 12.0 Å². The smallest absolute Gasteiger partial charge is 0.239 e. The molecule has 0 saturated carbocycles. The molecule has 0 N–H and O–H groups in total. The molecule has 1 unspecified atom stereocenters. The third-order valence-corrected chi connectivity index (χ3v) is 3.14. The van der Waals surface area contributed by atoms with Gasteiger partial charge < -0.3 is 9.90 Å². The van der Waals surface area contributed by atoms with Crippen LogP contribution in [0.1, 0.15) is 13.3 Å². The highest BCUT2D eigenvalue weighted by molar-refractivity contribution is 8.23. The standard InChI is InChI=1S/C7H9NO3S2/c1-2-4(6(10)11)8-5(9)3-13-7(8)12/h4H,2-3H2,1H3,(H,10,11)/p-1. The van der Waals surface area contributed by atoms with E-state index in [1.54, 1.807) is 6.92 Å². The van der Waals surface area contributed by atoms with Crippen molar-refractivity contribution in [2.45, 2.75) is 19.4 Å². The Morgan fingerprint density at radius 1 is 1.85 bits per heavy atom. The van der Waals surface area contributed by atoms with Crippen LogP contribution in [0.15, 0.2) is 0 Å². The van der Waals surface area contributed by atoms with Gasteiger partial charge in [-0.3, -0.25) is 9.69 Å². The van der Waals surface area contributed by atoms with Crippen LogP contribution < -0.4 is 5.11 Å². The van der Waals surface area contributed by atoms with Crippen LogP contribution in [0.5, 0.6) is 0 Å². The summed E-state index contributed by atoms with van der Waals surface area (Å²) in [5.74, 6) is -1.26. The molecule has 1 saturated heterocycles. The average Bonchev–Trinajstić information content (AvgIpc) is 2.36. The van der Waals surface area contributed by atoms with Gasteiger partial charge in [0.25, 0.3) is 0 Å². The lowest BCUT2D eigenvalue weighted by atomic mass is 10.2. The predicted molar refractivity (Wildman–Crippen MR) is 51.0 cm³/mol. The molecule has 1 rings (SSSR count). The molecule has 1 amide bonds. The van der Waals surface area contributed by atoms with E-state index in [9.17, 15) is 14.7 Å². The average molecular weight is 218 g/mol. The zero-order valence-corrected chi connectivity index (χ0v) is 8.61. The molecule has 1 fully saturated rings. The summed E-state index contributed by atoms with van der Waals surface area (Å²) in [6, 6.07) is -0.907. The Kier molecular flexibility index (Phi) is 3.27. The topological polar surface area (TPSA) is 60.4 Å². The summed E-state index contributed by atoms with van der Waals surface area (Å²) in [6.45, 7) is 1.68. The number of hydrogen-bond donors (Lipinski definition) is 0. The van der Waals surface area contributed by atoms with Gasteiger partial charge >= 0.3 is 0 Å². The lowest BCUT2D eigenvalue weighted by Crippen LogP contribution is -2.49. The van der Waals surface area contributed by atoms with Gasteiger partial charge in [-0.2, -0.15) is 0 Å². The summed E-state index contributed by atoms with van der Waals surface area (Å²) in [4.78, 5) is 23.0. The van der Waals surface area contributed by atoms with Crippen LogP contribution in [0.2, 0.25) is 0 Å². The summed E-state index contributed by atoms with van der Waals surface area (Å²) in [5.41, 5.74) is 0. The number of rotatable bonds is 3. The summed E-state index contributed by atoms with van der Waals surface area (Å²) >= 11 is 6.05. The minimum Gasteiger partial charge on any atom is -0.548 e.